The number of thiazole rings is 1. The molecule has 88 valence electrons. The first-order valence-electron chi connectivity index (χ1n) is 4.55. The molecule has 1 rings (SSSR count). The van der Waals surface area contributed by atoms with Crippen molar-refractivity contribution in [1.82, 2.24) is 10.3 Å². The molecule has 1 aromatic heterocycles. The quantitative estimate of drug-likeness (QED) is 0.843. The minimum atomic E-state index is -0.585. The Morgan fingerprint density at radius 2 is 2.12 bits per heavy atom. The van der Waals surface area contributed by atoms with E-state index in [-0.39, 0.29) is 21.1 Å². The summed E-state index contributed by atoms with van der Waals surface area (Å²) >= 11 is 6.59. The van der Waals surface area contributed by atoms with Gasteiger partial charge in [-0.15, -0.1) is 0 Å². The third-order valence-electron chi connectivity index (χ3n) is 1.57. The number of nitrogens with zero attached hydrogens (tertiary/aromatic N) is 1. The van der Waals surface area contributed by atoms with E-state index < -0.39 is 11.9 Å². The fraction of sp³-hybridized carbons (Fsp3) is 0.444. The van der Waals surface area contributed by atoms with Crippen molar-refractivity contribution in [2.75, 3.05) is 7.05 Å². The van der Waals surface area contributed by atoms with Crippen LogP contribution in [-0.4, -0.2) is 30.0 Å². The Hall–Kier alpha value is -1.14. The Bertz CT molecular complexity index is 417. The number of hydrogen-bond donors (Lipinski definition) is 1. The van der Waals surface area contributed by atoms with Crippen LogP contribution in [0.1, 0.15) is 34.0 Å². The lowest BCUT2D eigenvalue weighted by molar-refractivity contribution is 0.0380. The molecular formula is C9H11ClN2O3S. The summed E-state index contributed by atoms with van der Waals surface area (Å²) in [7, 11) is 1.45. The van der Waals surface area contributed by atoms with Gasteiger partial charge in [-0.05, 0) is 13.8 Å². The van der Waals surface area contributed by atoms with Crippen LogP contribution >= 0.6 is 22.9 Å². The van der Waals surface area contributed by atoms with Gasteiger partial charge in [-0.3, -0.25) is 4.79 Å². The minimum Gasteiger partial charge on any atom is -0.459 e. The highest BCUT2D eigenvalue weighted by Gasteiger charge is 2.23. The van der Waals surface area contributed by atoms with Crippen molar-refractivity contribution in [1.29, 1.82) is 0 Å². The maximum absolute atomic E-state index is 11.6. The predicted molar refractivity (Wildman–Crippen MR) is 61.1 cm³/mol. The summed E-state index contributed by atoms with van der Waals surface area (Å²) < 4.78 is 5.11. The van der Waals surface area contributed by atoms with Crippen LogP contribution in [0.3, 0.4) is 0 Å². The van der Waals surface area contributed by atoms with Crippen LogP contribution in [0.2, 0.25) is 4.47 Å². The van der Waals surface area contributed by atoms with E-state index in [1.54, 1.807) is 13.8 Å². The summed E-state index contributed by atoms with van der Waals surface area (Å²) in [6.45, 7) is 3.44. The number of carbonyl (C=O) groups excluding carboxylic acids is 2. The molecule has 7 heteroatoms. The zero-order chi connectivity index (χ0) is 12.3. The average molecular weight is 263 g/mol. The van der Waals surface area contributed by atoms with Gasteiger partial charge in [0.2, 0.25) is 0 Å². The van der Waals surface area contributed by atoms with E-state index in [0.29, 0.717) is 0 Å². The summed E-state index contributed by atoms with van der Waals surface area (Å²) in [5.41, 5.74) is 0.00292. The summed E-state index contributed by atoms with van der Waals surface area (Å²) in [6, 6.07) is 0. The highest BCUT2D eigenvalue weighted by molar-refractivity contribution is 7.17. The zero-order valence-corrected chi connectivity index (χ0v) is 10.6. The van der Waals surface area contributed by atoms with Crippen molar-refractivity contribution in [2.45, 2.75) is 20.0 Å². The van der Waals surface area contributed by atoms with E-state index >= 15 is 0 Å². The van der Waals surface area contributed by atoms with Crippen molar-refractivity contribution >= 4 is 34.8 Å². The smallest absolute Gasteiger partial charge is 0.351 e. The first kappa shape index (κ1) is 12.9. The molecule has 0 saturated heterocycles. The van der Waals surface area contributed by atoms with Gasteiger partial charge >= 0.3 is 5.97 Å². The molecule has 0 atom stereocenters. The Kier molecular flexibility index (Phi) is 4.26. The van der Waals surface area contributed by atoms with Crippen LogP contribution in [-0.2, 0) is 4.74 Å². The molecule has 0 unspecified atom stereocenters. The molecule has 1 amide bonds. The average Bonchev–Trinajstić information content (AvgIpc) is 2.58. The number of nitrogens with one attached hydrogen (secondary N) is 1. The molecule has 0 aliphatic carbocycles. The molecule has 0 saturated carbocycles. The maximum atomic E-state index is 11.6. The van der Waals surface area contributed by atoms with Crippen LogP contribution in [0, 0.1) is 0 Å². The Labute approximate surface area is 102 Å². The molecule has 0 aliphatic heterocycles. The summed E-state index contributed by atoms with van der Waals surface area (Å²) in [6.07, 6.45) is -0.258. The van der Waals surface area contributed by atoms with Crippen molar-refractivity contribution in [3.8, 4) is 0 Å². The third-order valence-corrected chi connectivity index (χ3v) is 2.71. The largest absolute Gasteiger partial charge is 0.459 e. The van der Waals surface area contributed by atoms with E-state index in [1.165, 1.54) is 7.05 Å². The number of esters is 1. The van der Waals surface area contributed by atoms with E-state index in [0.717, 1.165) is 11.3 Å². The number of rotatable bonds is 3. The Morgan fingerprint density at radius 3 is 2.62 bits per heavy atom. The van der Waals surface area contributed by atoms with Gasteiger partial charge in [0.25, 0.3) is 5.91 Å². The van der Waals surface area contributed by atoms with Crippen molar-refractivity contribution in [3.05, 3.63) is 15.0 Å². The second kappa shape index (κ2) is 5.27. The van der Waals surface area contributed by atoms with Crippen LogP contribution in [0.25, 0.3) is 0 Å². The predicted octanol–water partition coefficient (Wildman–Crippen LogP) is 1.72. The van der Waals surface area contributed by atoms with E-state index in [1.807, 2.05) is 0 Å². The first-order chi connectivity index (χ1) is 7.45. The topological polar surface area (TPSA) is 68.3 Å². The monoisotopic (exact) mass is 262 g/mol. The highest BCUT2D eigenvalue weighted by atomic mass is 35.5. The maximum Gasteiger partial charge on any atom is 0.351 e. The molecule has 1 aromatic rings. The number of carbonyl (C=O) groups is 2. The van der Waals surface area contributed by atoms with Gasteiger partial charge in [0.1, 0.15) is 4.88 Å². The summed E-state index contributed by atoms with van der Waals surface area (Å²) in [5.74, 6) is -1.04. The molecule has 1 heterocycles. The van der Waals surface area contributed by atoms with Gasteiger partial charge < -0.3 is 10.1 Å². The number of aromatic nitrogens is 1. The SMILES string of the molecule is CNC(=O)c1nc(Cl)sc1C(=O)OC(C)C. The summed E-state index contributed by atoms with van der Waals surface area (Å²) in [4.78, 5) is 26.9. The zero-order valence-electron chi connectivity index (χ0n) is 9.04. The second-order valence-electron chi connectivity index (χ2n) is 3.18. The van der Waals surface area contributed by atoms with E-state index in [2.05, 4.69) is 10.3 Å². The fourth-order valence-electron chi connectivity index (χ4n) is 0.972. The van der Waals surface area contributed by atoms with Gasteiger partial charge in [0.15, 0.2) is 10.2 Å². The summed E-state index contributed by atoms with van der Waals surface area (Å²) in [5, 5.41) is 2.38. The van der Waals surface area contributed by atoms with Crippen molar-refractivity contribution < 1.29 is 14.3 Å². The number of halogens is 1. The third kappa shape index (κ3) is 2.93. The second-order valence-corrected chi connectivity index (χ2v) is 4.76. The van der Waals surface area contributed by atoms with E-state index in [4.69, 9.17) is 16.3 Å². The normalized spacial score (nSPS) is 10.3. The van der Waals surface area contributed by atoms with Crippen LogP contribution < -0.4 is 5.32 Å². The molecule has 5 nitrogen and oxygen atoms in total. The van der Waals surface area contributed by atoms with Crippen LogP contribution in [0.4, 0.5) is 0 Å². The van der Waals surface area contributed by atoms with Crippen molar-refractivity contribution in [2.24, 2.45) is 0 Å². The van der Waals surface area contributed by atoms with Gasteiger partial charge in [-0.1, -0.05) is 22.9 Å². The Morgan fingerprint density at radius 1 is 1.50 bits per heavy atom. The highest BCUT2D eigenvalue weighted by Crippen LogP contribution is 2.24. The number of hydrogen-bond acceptors (Lipinski definition) is 5. The number of amides is 1. The minimum absolute atomic E-state index is 0.00292. The Balaban J connectivity index is 3.03. The molecule has 0 aliphatic rings. The van der Waals surface area contributed by atoms with E-state index in [9.17, 15) is 9.59 Å². The lowest BCUT2D eigenvalue weighted by atomic mass is 10.3. The van der Waals surface area contributed by atoms with Gasteiger partial charge in [-0.25, -0.2) is 9.78 Å². The molecule has 16 heavy (non-hydrogen) atoms. The fourth-order valence-corrected chi connectivity index (χ4v) is 1.96. The van der Waals surface area contributed by atoms with Gasteiger partial charge in [-0.2, -0.15) is 0 Å². The molecule has 0 spiro atoms. The first-order valence-corrected chi connectivity index (χ1v) is 5.74. The number of ether oxygens (including phenoxy) is 1. The molecule has 0 aromatic carbocycles. The molecule has 1 N–H and O–H groups in total. The molecule has 0 bridgehead atoms. The van der Waals surface area contributed by atoms with Gasteiger partial charge in [0.05, 0.1) is 6.10 Å². The standard InChI is InChI=1S/C9H11ClN2O3S/c1-4(2)15-8(14)6-5(7(13)11-3)12-9(10)16-6/h4H,1-3H3,(H,11,13). The lowest BCUT2D eigenvalue weighted by Gasteiger charge is -2.06. The van der Waals surface area contributed by atoms with Crippen molar-refractivity contribution in [3.63, 3.8) is 0 Å². The molecule has 0 fully saturated rings. The van der Waals surface area contributed by atoms with Crippen LogP contribution in [0.5, 0.6) is 0 Å². The molecular weight excluding hydrogens is 252 g/mol. The van der Waals surface area contributed by atoms with Crippen LogP contribution in [0.15, 0.2) is 0 Å². The molecule has 0 radical (unpaired) electrons. The van der Waals surface area contributed by atoms with Gasteiger partial charge in [0, 0.05) is 7.05 Å². The lowest BCUT2D eigenvalue weighted by Crippen LogP contribution is -2.22.